The van der Waals surface area contributed by atoms with E-state index >= 15 is 0 Å². The van der Waals surface area contributed by atoms with Crippen LogP contribution in [0.5, 0.6) is 0 Å². The number of carbonyl (C=O) groups is 1. The molecule has 0 aliphatic rings. The van der Waals surface area contributed by atoms with Gasteiger partial charge in [-0.25, -0.2) is 0 Å². The summed E-state index contributed by atoms with van der Waals surface area (Å²) in [7, 11) is -0.153. The van der Waals surface area contributed by atoms with Crippen LogP contribution in [0, 0.1) is 0 Å². The van der Waals surface area contributed by atoms with E-state index in [2.05, 4.69) is 11.9 Å². The van der Waals surface area contributed by atoms with Crippen LogP contribution in [0.2, 0.25) is 0 Å². The molecule has 0 fully saturated rings. The average molecular weight is 282 g/mol. The van der Waals surface area contributed by atoms with Gasteiger partial charge in [0.2, 0.25) is 5.91 Å². The zero-order chi connectivity index (χ0) is 13.5. The lowest BCUT2D eigenvalue weighted by molar-refractivity contribution is -0.888. The van der Waals surface area contributed by atoms with Gasteiger partial charge in [-0.1, -0.05) is 6.58 Å². The van der Waals surface area contributed by atoms with Crippen LogP contribution in [0.3, 0.4) is 0 Å². The lowest BCUT2D eigenvalue weighted by Crippen LogP contribution is -2.44. The third-order valence-corrected chi connectivity index (χ3v) is 3.08. The molecule has 0 aromatic carbocycles. The van der Waals surface area contributed by atoms with E-state index in [1.165, 1.54) is 6.08 Å². The SMILES string of the molecule is C=CC(=O)NCCC[N+](C)(C)CCS(=O)(=O)O.[OH-]. The second-order valence-electron chi connectivity index (χ2n) is 4.52. The van der Waals surface area contributed by atoms with Crippen LogP contribution in [0.4, 0.5) is 0 Å². The molecule has 0 spiro atoms. The van der Waals surface area contributed by atoms with E-state index in [1.54, 1.807) is 0 Å². The molecule has 0 saturated carbocycles. The highest BCUT2D eigenvalue weighted by molar-refractivity contribution is 7.85. The summed E-state index contributed by atoms with van der Waals surface area (Å²) in [6.45, 7) is 4.92. The minimum atomic E-state index is -3.90. The molecular weight excluding hydrogens is 260 g/mol. The number of quaternary nitrogens is 1. The second kappa shape index (κ2) is 8.20. The molecule has 0 heterocycles. The van der Waals surface area contributed by atoms with Gasteiger partial charge in [-0.3, -0.25) is 9.35 Å². The average Bonchev–Trinajstić information content (AvgIpc) is 2.20. The van der Waals surface area contributed by atoms with Crippen molar-refractivity contribution < 1.29 is 27.7 Å². The van der Waals surface area contributed by atoms with Crippen molar-refractivity contribution in [3.05, 3.63) is 12.7 Å². The van der Waals surface area contributed by atoms with Crippen LogP contribution in [0.25, 0.3) is 0 Å². The van der Waals surface area contributed by atoms with Gasteiger partial charge in [-0.15, -0.1) is 0 Å². The van der Waals surface area contributed by atoms with Crippen LogP contribution in [-0.4, -0.2) is 68.3 Å². The highest BCUT2D eigenvalue weighted by atomic mass is 32.2. The summed E-state index contributed by atoms with van der Waals surface area (Å²) >= 11 is 0. The number of carbonyl (C=O) groups excluding carboxylic acids is 1. The second-order valence-corrected chi connectivity index (χ2v) is 6.09. The van der Waals surface area contributed by atoms with Gasteiger partial charge in [0.1, 0.15) is 5.75 Å². The van der Waals surface area contributed by atoms with Gasteiger partial charge < -0.3 is 15.3 Å². The fourth-order valence-corrected chi connectivity index (χ4v) is 1.99. The molecule has 0 radical (unpaired) electrons. The Morgan fingerprint density at radius 1 is 1.39 bits per heavy atom. The summed E-state index contributed by atoms with van der Waals surface area (Å²) in [6.07, 6.45) is 1.94. The topological polar surface area (TPSA) is 113 Å². The van der Waals surface area contributed by atoms with Gasteiger partial charge in [-0.2, -0.15) is 8.42 Å². The first-order valence-electron chi connectivity index (χ1n) is 5.34. The fraction of sp³-hybridized carbons (Fsp3) is 0.700. The molecule has 0 aliphatic heterocycles. The zero-order valence-corrected chi connectivity index (χ0v) is 11.6. The third-order valence-electron chi connectivity index (χ3n) is 2.38. The largest absolute Gasteiger partial charge is 0.870 e. The molecule has 0 bridgehead atoms. The molecular formula is C10H22N2O5S. The van der Waals surface area contributed by atoms with Crippen LogP contribution >= 0.6 is 0 Å². The molecule has 18 heavy (non-hydrogen) atoms. The minimum Gasteiger partial charge on any atom is -0.870 e. The Morgan fingerprint density at radius 2 is 1.94 bits per heavy atom. The Hall–Kier alpha value is -0.960. The van der Waals surface area contributed by atoms with Crippen molar-refractivity contribution in [1.82, 2.24) is 5.32 Å². The van der Waals surface area contributed by atoms with Gasteiger partial charge in [0.25, 0.3) is 10.1 Å². The first-order valence-corrected chi connectivity index (χ1v) is 6.95. The van der Waals surface area contributed by atoms with E-state index in [-0.39, 0.29) is 17.1 Å². The number of nitrogens with one attached hydrogen (secondary N) is 1. The Kier molecular flexibility index (Phi) is 8.83. The summed E-state index contributed by atoms with van der Waals surface area (Å²) in [4.78, 5) is 10.8. The molecule has 108 valence electrons. The van der Waals surface area contributed by atoms with Crippen molar-refractivity contribution in [3.8, 4) is 0 Å². The van der Waals surface area contributed by atoms with Crippen molar-refractivity contribution >= 4 is 16.0 Å². The maximum absolute atomic E-state index is 10.8. The summed E-state index contributed by atoms with van der Waals surface area (Å²) in [5, 5.41) is 2.64. The van der Waals surface area contributed by atoms with Gasteiger partial charge in [0, 0.05) is 13.0 Å². The molecule has 0 saturated heterocycles. The van der Waals surface area contributed by atoms with Crippen molar-refractivity contribution in [2.45, 2.75) is 6.42 Å². The van der Waals surface area contributed by atoms with Gasteiger partial charge in [0.15, 0.2) is 0 Å². The zero-order valence-electron chi connectivity index (χ0n) is 10.8. The lowest BCUT2D eigenvalue weighted by Gasteiger charge is -2.29. The van der Waals surface area contributed by atoms with Crippen molar-refractivity contribution in [3.63, 3.8) is 0 Å². The molecule has 0 unspecified atom stereocenters. The van der Waals surface area contributed by atoms with Crippen LogP contribution in [-0.2, 0) is 14.9 Å². The summed E-state index contributed by atoms with van der Waals surface area (Å²) in [5.74, 6) is -0.466. The summed E-state index contributed by atoms with van der Waals surface area (Å²) < 4.78 is 30.4. The smallest absolute Gasteiger partial charge is 0.270 e. The maximum atomic E-state index is 10.8. The molecule has 3 N–H and O–H groups in total. The number of hydrogen-bond donors (Lipinski definition) is 2. The van der Waals surface area contributed by atoms with E-state index in [9.17, 15) is 13.2 Å². The van der Waals surface area contributed by atoms with Crippen LogP contribution < -0.4 is 5.32 Å². The predicted molar refractivity (Wildman–Crippen MR) is 68.0 cm³/mol. The highest BCUT2D eigenvalue weighted by Crippen LogP contribution is 2.00. The Balaban J connectivity index is 0. The van der Waals surface area contributed by atoms with Gasteiger partial charge in [-0.05, 0) is 6.08 Å². The van der Waals surface area contributed by atoms with Crippen molar-refractivity contribution in [1.29, 1.82) is 0 Å². The third kappa shape index (κ3) is 11.5. The lowest BCUT2D eigenvalue weighted by atomic mass is 10.3. The van der Waals surface area contributed by atoms with Crippen LogP contribution in [0.15, 0.2) is 12.7 Å². The van der Waals surface area contributed by atoms with Crippen molar-refractivity contribution in [2.24, 2.45) is 0 Å². The van der Waals surface area contributed by atoms with Crippen LogP contribution in [0.1, 0.15) is 6.42 Å². The molecule has 1 amide bonds. The molecule has 0 rings (SSSR count). The maximum Gasteiger partial charge on any atom is 0.270 e. The molecule has 0 aromatic rings. The van der Waals surface area contributed by atoms with Gasteiger partial charge >= 0.3 is 0 Å². The van der Waals surface area contributed by atoms with E-state index in [4.69, 9.17) is 4.55 Å². The first-order chi connectivity index (χ1) is 7.66. The Labute approximate surface area is 108 Å². The fourth-order valence-electron chi connectivity index (χ4n) is 1.27. The van der Waals surface area contributed by atoms with E-state index in [1.807, 2.05) is 14.1 Å². The Bertz CT molecular complexity index is 364. The molecule has 7 nitrogen and oxygen atoms in total. The summed E-state index contributed by atoms with van der Waals surface area (Å²) in [5.41, 5.74) is 0. The molecule has 0 atom stereocenters. The monoisotopic (exact) mass is 282 g/mol. The minimum absolute atomic E-state index is 0. The normalized spacial score (nSPS) is 11.5. The number of rotatable bonds is 8. The summed E-state index contributed by atoms with van der Waals surface area (Å²) in [6, 6.07) is 0. The highest BCUT2D eigenvalue weighted by Gasteiger charge is 2.18. The predicted octanol–water partition coefficient (Wildman–Crippen LogP) is -0.534. The molecule has 8 heteroatoms. The standard InChI is InChI=1S/C10H20N2O4S.H2O/c1-4-10(13)11-6-5-7-12(2,3)8-9-17(14,15)16;/h4H,1,5-9H2,2-3H3,(H-,11,13,14,15,16);1H2. The number of hydrogen-bond acceptors (Lipinski definition) is 4. The molecule has 0 aliphatic carbocycles. The molecule has 0 aromatic heterocycles. The number of nitrogens with zero attached hydrogens (tertiary/aromatic N) is 1. The Morgan fingerprint density at radius 3 is 2.39 bits per heavy atom. The van der Waals surface area contributed by atoms with Gasteiger partial charge in [0.05, 0.1) is 27.2 Å². The number of amides is 1. The van der Waals surface area contributed by atoms with E-state index in [0.717, 1.165) is 6.42 Å². The van der Waals surface area contributed by atoms with E-state index < -0.39 is 10.1 Å². The van der Waals surface area contributed by atoms with Crippen molar-refractivity contribution in [2.75, 3.05) is 39.5 Å². The quantitative estimate of drug-likeness (QED) is 0.269. The van der Waals surface area contributed by atoms with E-state index in [0.29, 0.717) is 24.1 Å². The first kappa shape index (κ1) is 19.4.